The summed E-state index contributed by atoms with van der Waals surface area (Å²) in [5.74, 6) is -0.193. The molecule has 2 nitrogen and oxygen atoms in total. The molecular weight excluding hydrogens is 191 g/mol. The van der Waals surface area contributed by atoms with Crippen molar-refractivity contribution in [2.24, 2.45) is 5.41 Å². The largest absolute Gasteiger partial charge is 0.383 e. The minimum absolute atomic E-state index is 0.164. The van der Waals surface area contributed by atoms with E-state index in [4.69, 9.17) is 5.26 Å². The van der Waals surface area contributed by atoms with Gasteiger partial charge in [-0.1, -0.05) is 0 Å². The van der Waals surface area contributed by atoms with Crippen molar-refractivity contribution < 1.29 is 4.39 Å². The van der Waals surface area contributed by atoms with Gasteiger partial charge in [-0.15, -0.1) is 0 Å². The highest BCUT2D eigenvalue weighted by molar-refractivity contribution is 5.46. The Morgan fingerprint density at radius 1 is 1.53 bits per heavy atom. The summed E-state index contributed by atoms with van der Waals surface area (Å²) in [5.41, 5.74) is 1.35. The zero-order valence-corrected chi connectivity index (χ0v) is 8.68. The second-order valence-corrected chi connectivity index (χ2v) is 4.21. The SMILES string of the molecule is Cc1cc(NCC2(C#N)CC2)ccc1F. The van der Waals surface area contributed by atoms with Crippen LogP contribution in [-0.4, -0.2) is 6.54 Å². The number of anilines is 1. The lowest BCUT2D eigenvalue weighted by molar-refractivity contribution is 0.618. The summed E-state index contributed by atoms with van der Waals surface area (Å²) in [6.45, 7) is 2.40. The van der Waals surface area contributed by atoms with Gasteiger partial charge in [0.25, 0.3) is 0 Å². The Hall–Kier alpha value is -1.56. The van der Waals surface area contributed by atoms with Gasteiger partial charge in [0.05, 0.1) is 11.5 Å². The molecule has 1 aromatic rings. The maximum atomic E-state index is 13.0. The molecule has 1 saturated carbocycles. The number of hydrogen-bond donors (Lipinski definition) is 1. The molecule has 0 heterocycles. The van der Waals surface area contributed by atoms with Gasteiger partial charge in [-0.05, 0) is 43.5 Å². The molecule has 0 spiro atoms. The summed E-state index contributed by atoms with van der Waals surface area (Å²) >= 11 is 0. The summed E-state index contributed by atoms with van der Waals surface area (Å²) in [6, 6.07) is 7.23. The molecule has 0 radical (unpaired) electrons. The number of halogens is 1. The van der Waals surface area contributed by atoms with E-state index in [0.717, 1.165) is 18.5 Å². The molecule has 2 rings (SSSR count). The Bertz CT molecular complexity index is 416. The summed E-state index contributed by atoms with van der Waals surface area (Å²) in [7, 11) is 0. The first-order chi connectivity index (χ1) is 7.15. The molecule has 0 bridgehead atoms. The van der Waals surface area contributed by atoms with Gasteiger partial charge >= 0.3 is 0 Å². The van der Waals surface area contributed by atoms with Gasteiger partial charge in [-0.25, -0.2) is 4.39 Å². The number of benzene rings is 1. The van der Waals surface area contributed by atoms with Crippen molar-refractivity contribution in [3.05, 3.63) is 29.6 Å². The molecule has 78 valence electrons. The van der Waals surface area contributed by atoms with Gasteiger partial charge in [0, 0.05) is 12.2 Å². The number of nitrogens with zero attached hydrogens (tertiary/aromatic N) is 1. The van der Waals surface area contributed by atoms with Gasteiger partial charge in [-0.3, -0.25) is 0 Å². The fraction of sp³-hybridized carbons (Fsp3) is 0.417. The van der Waals surface area contributed by atoms with Crippen LogP contribution < -0.4 is 5.32 Å². The molecule has 1 aliphatic rings. The van der Waals surface area contributed by atoms with Crippen molar-refractivity contribution >= 4 is 5.69 Å². The quantitative estimate of drug-likeness (QED) is 0.821. The fourth-order valence-electron chi connectivity index (χ4n) is 1.50. The lowest BCUT2D eigenvalue weighted by Gasteiger charge is -2.10. The monoisotopic (exact) mass is 204 g/mol. The second-order valence-electron chi connectivity index (χ2n) is 4.21. The van der Waals surface area contributed by atoms with E-state index in [1.165, 1.54) is 6.07 Å². The molecule has 0 aromatic heterocycles. The molecule has 0 saturated heterocycles. The first-order valence-electron chi connectivity index (χ1n) is 5.06. The third-order valence-electron chi connectivity index (χ3n) is 2.88. The summed E-state index contributed by atoms with van der Waals surface area (Å²) in [5, 5.41) is 12.1. The average Bonchev–Trinajstić information content (AvgIpc) is 3.01. The Kier molecular flexibility index (Phi) is 2.36. The Morgan fingerprint density at radius 2 is 2.27 bits per heavy atom. The first-order valence-corrected chi connectivity index (χ1v) is 5.06. The predicted octanol–water partition coefficient (Wildman–Crippen LogP) is 2.85. The van der Waals surface area contributed by atoms with Crippen molar-refractivity contribution in [1.29, 1.82) is 5.26 Å². The molecule has 1 aliphatic carbocycles. The van der Waals surface area contributed by atoms with E-state index in [2.05, 4.69) is 11.4 Å². The molecule has 1 fully saturated rings. The molecule has 0 atom stereocenters. The van der Waals surface area contributed by atoms with Crippen molar-refractivity contribution in [3.63, 3.8) is 0 Å². The number of nitriles is 1. The van der Waals surface area contributed by atoms with Gasteiger partial charge < -0.3 is 5.32 Å². The van der Waals surface area contributed by atoms with E-state index in [-0.39, 0.29) is 11.2 Å². The highest BCUT2D eigenvalue weighted by Crippen LogP contribution is 2.44. The fourth-order valence-corrected chi connectivity index (χ4v) is 1.50. The number of hydrogen-bond acceptors (Lipinski definition) is 2. The second kappa shape index (κ2) is 3.54. The Balaban J connectivity index is 2.00. The van der Waals surface area contributed by atoms with Crippen LogP contribution in [0.1, 0.15) is 18.4 Å². The van der Waals surface area contributed by atoms with Gasteiger partial charge in [0.1, 0.15) is 5.82 Å². The molecule has 15 heavy (non-hydrogen) atoms. The van der Waals surface area contributed by atoms with E-state index in [1.807, 2.05) is 0 Å². The standard InChI is InChI=1S/C12H13FN2/c1-9-6-10(2-3-11(9)13)15-8-12(7-14)4-5-12/h2-3,6,15H,4-5,8H2,1H3. The van der Waals surface area contributed by atoms with E-state index in [0.29, 0.717) is 12.1 Å². The van der Waals surface area contributed by atoms with Crippen LogP contribution in [0.4, 0.5) is 10.1 Å². The topological polar surface area (TPSA) is 35.8 Å². The number of rotatable bonds is 3. The predicted molar refractivity (Wildman–Crippen MR) is 56.9 cm³/mol. The third kappa shape index (κ3) is 2.10. The van der Waals surface area contributed by atoms with Crippen LogP contribution in [0.15, 0.2) is 18.2 Å². The van der Waals surface area contributed by atoms with E-state index in [9.17, 15) is 4.39 Å². The normalized spacial score (nSPS) is 16.9. The number of aryl methyl sites for hydroxylation is 1. The minimum Gasteiger partial charge on any atom is -0.383 e. The highest BCUT2D eigenvalue weighted by Gasteiger charge is 2.42. The van der Waals surface area contributed by atoms with Gasteiger partial charge in [0.2, 0.25) is 0 Å². The van der Waals surface area contributed by atoms with Crippen LogP contribution >= 0.6 is 0 Å². The van der Waals surface area contributed by atoms with E-state index >= 15 is 0 Å². The smallest absolute Gasteiger partial charge is 0.126 e. The Labute approximate surface area is 88.7 Å². The van der Waals surface area contributed by atoms with Crippen LogP contribution in [0.25, 0.3) is 0 Å². The van der Waals surface area contributed by atoms with Crippen molar-refractivity contribution in [3.8, 4) is 6.07 Å². The zero-order chi connectivity index (χ0) is 10.9. The van der Waals surface area contributed by atoms with Gasteiger partial charge in [0.15, 0.2) is 0 Å². The maximum absolute atomic E-state index is 13.0. The van der Waals surface area contributed by atoms with Crippen LogP contribution in [-0.2, 0) is 0 Å². The van der Waals surface area contributed by atoms with Crippen molar-refractivity contribution in [2.45, 2.75) is 19.8 Å². The summed E-state index contributed by atoms with van der Waals surface area (Å²) in [6.07, 6.45) is 1.94. The number of nitrogens with one attached hydrogen (secondary N) is 1. The lowest BCUT2D eigenvalue weighted by atomic mass is 10.1. The summed E-state index contributed by atoms with van der Waals surface area (Å²) in [4.78, 5) is 0. The first kappa shape index (κ1) is 9.97. The van der Waals surface area contributed by atoms with E-state index < -0.39 is 0 Å². The average molecular weight is 204 g/mol. The highest BCUT2D eigenvalue weighted by atomic mass is 19.1. The van der Waals surface area contributed by atoms with Crippen molar-refractivity contribution in [2.75, 3.05) is 11.9 Å². The zero-order valence-electron chi connectivity index (χ0n) is 8.68. The van der Waals surface area contributed by atoms with Crippen LogP contribution in [0.2, 0.25) is 0 Å². The molecule has 0 amide bonds. The molecular formula is C12H13FN2. The molecule has 1 N–H and O–H groups in total. The molecule has 3 heteroatoms. The third-order valence-corrected chi connectivity index (χ3v) is 2.88. The van der Waals surface area contributed by atoms with Gasteiger partial charge in [-0.2, -0.15) is 5.26 Å². The van der Waals surface area contributed by atoms with Crippen LogP contribution in [0, 0.1) is 29.5 Å². The Morgan fingerprint density at radius 3 is 2.80 bits per heavy atom. The molecule has 0 aliphatic heterocycles. The van der Waals surface area contributed by atoms with Crippen molar-refractivity contribution in [1.82, 2.24) is 0 Å². The molecule has 0 unspecified atom stereocenters. The van der Waals surface area contributed by atoms with E-state index in [1.54, 1.807) is 19.1 Å². The maximum Gasteiger partial charge on any atom is 0.126 e. The lowest BCUT2D eigenvalue weighted by Crippen LogP contribution is -2.13. The molecule has 1 aromatic carbocycles. The summed E-state index contributed by atoms with van der Waals surface area (Å²) < 4.78 is 13.0. The van der Waals surface area contributed by atoms with Crippen LogP contribution in [0.3, 0.4) is 0 Å². The minimum atomic E-state index is -0.193. The van der Waals surface area contributed by atoms with Crippen LogP contribution in [0.5, 0.6) is 0 Å².